The van der Waals surface area contributed by atoms with Gasteiger partial charge in [0.15, 0.2) is 0 Å². The number of rotatable bonds is 1. The molecule has 0 bridgehead atoms. The van der Waals surface area contributed by atoms with E-state index in [1.807, 2.05) is 13.0 Å². The van der Waals surface area contributed by atoms with Crippen molar-refractivity contribution in [3.05, 3.63) is 34.1 Å². The molecule has 0 unspecified atom stereocenters. The Hall–Kier alpha value is -0.600. The number of aryl methyl sites for hydroxylation is 1. The summed E-state index contributed by atoms with van der Waals surface area (Å²) < 4.78 is 13.4. The molecule has 0 aliphatic carbocycles. The third-order valence-electron chi connectivity index (χ3n) is 2.48. The zero-order valence-electron chi connectivity index (χ0n) is 7.40. The Morgan fingerprint density at radius 1 is 1.54 bits per heavy atom. The minimum absolute atomic E-state index is 0.191. The fraction of sp³-hybridized carbons (Fsp3) is 0.400. The van der Waals surface area contributed by atoms with Crippen molar-refractivity contribution in [2.45, 2.75) is 19.4 Å². The second-order valence-corrected chi connectivity index (χ2v) is 3.83. The summed E-state index contributed by atoms with van der Waals surface area (Å²) in [5.74, 6) is -0.201. The van der Waals surface area contributed by atoms with E-state index in [-0.39, 0.29) is 11.9 Å². The molecule has 1 aliphatic rings. The molecule has 2 rings (SSSR count). The number of nitrogens with one attached hydrogen (secondary N) is 1. The van der Waals surface area contributed by atoms with E-state index >= 15 is 0 Å². The average molecular weight is 200 g/mol. The first kappa shape index (κ1) is 8.97. The highest BCUT2D eigenvalue weighted by molar-refractivity contribution is 6.31. The van der Waals surface area contributed by atoms with Crippen LogP contribution >= 0.6 is 11.6 Å². The van der Waals surface area contributed by atoms with Crippen LogP contribution in [0.4, 0.5) is 4.39 Å². The molecule has 0 amide bonds. The topological polar surface area (TPSA) is 12.0 Å². The summed E-state index contributed by atoms with van der Waals surface area (Å²) in [5.41, 5.74) is 1.68. The molecule has 1 aliphatic heterocycles. The van der Waals surface area contributed by atoms with Gasteiger partial charge >= 0.3 is 0 Å². The Balaban J connectivity index is 2.39. The van der Waals surface area contributed by atoms with Gasteiger partial charge in [0.1, 0.15) is 5.82 Å². The van der Waals surface area contributed by atoms with Gasteiger partial charge in [0.05, 0.1) is 0 Å². The van der Waals surface area contributed by atoms with Crippen LogP contribution in [0.3, 0.4) is 0 Å². The first-order valence-corrected chi connectivity index (χ1v) is 4.75. The fourth-order valence-electron chi connectivity index (χ4n) is 1.50. The summed E-state index contributed by atoms with van der Waals surface area (Å²) in [4.78, 5) is 0. The van der Waals surface area contributed by atoms with E-state index in [0.29, 0.717) is 5.02 Å². The maximum absolute atomic E-state index is 13.4. The molecule has 0 radical (unpaired) electrons. The normalized spacial score (nSPS) is 21.3. The largest absolute Gasteiger partial charge is 0.310 e. The molecular weight excluding hydrogens is 189 g/mol. The quantitative estimate of drug-likeness (QED) is 0.734. The molecule has 13 heavy (non-hydrogen) atoms. The lowest BCUT2D eigenvalue weighted by molar-refractivity contribution is 0.370. The van der Waals surface area contributed by atoms with Crippen LogP contribution in [-0.4, -0.2) is 6.54 Å². The van der Waals surface area contributed by atoms with Crippen LogP contribution < -0.4 is 5.32 Å². The average Bonchev–Trinajstić information content (AvgIpc) is 1.96. The first-order chi connectivity index (χ1) is 6.18. The van der Waals surface area contributed by atoms with Gasteiger partial charge in [-0.15, -0.1) is 0 Å². The molecule has 0 spiro atoms. The summed E-state index contributed by atoms with van der Waals surface area (Å²) in [6.45, 7) is 2.87. The van der Waals surface area contributed by atoms with Gasteiger partial charge in [-0.1, -0.05) is 17.7 Å². The number of hydrogen-bond donors (Lipinski definition) is 1. The molecule has 0 saturated carbocycles. The Kier molecular flexibility index (Phi) is 2.26. The van der Waals surface area contributed by atoms with E-state index in [1.165, 1.54) is 6.07 Å². The number of benzene rings is 1. The molecule has 1 aromatic carbocycles. The molecule has 1 atom stereocenters. The van der Waals surface area contributed by atoms with E-state index in [4.69, 9.17) is 11.6 Å². The molecule has 1 aromatic rings. The maximum Gasteiger partial charge on any atom is 0.129 e. The van der Waals surface area contributed by atoms with Gasteiger partial charge in [0.2, 0.25) is 0 Å². The summed E-state index contributed by atoms with van der Waals surface area (Å²) in [7, 11) is 0. The van der Waals surface area contributed by atoms with Crippen LogP contribution in [-0.2, 0) is 0 Å². The summed E-state index contributed by atoms with van der Waals surface area (Å²) >= 11 is 5.79. The van der Waals surface area contributed by atoms with Gasteiger partial charge < -0.3 is 5.32 Å². The molecule has 1 saturated heterocycles. The van der Waals surface area contributed by atoms with Crippen LogP contribution in [0, 0.1) is 12.7 Å². The Labute approximate surface area is 81.9 Å². The van der Waals surface area contributed by atoms with Crippen molar-refractivity contribution in [3.8, 4) is 0 Å². The minimum Gasteiger partial charge on any atom is -0.310 e. The van der Waals surface area contributed by atoms with Crippen molar-refractivity contribution in [1.82, 2.24) is 5.32 Å². The van der Waals surface area contributed by atoms with Crippen molar-refractivity contribution in [1.29, 1.82) is 0 Å². The SMILES string of the molecule is Cc1cc([C@@H]2CCN2)c(F)cc1Cl. The minimum atomic E-state index is -0.201. The van der Waals surface area contributed by atoms with Gasteiger partial charge in [-0.05, 0) is 31.5 Å². The molecule has 70 valence electrons. The van der Waals surface area contributed by atoms with Gasteiger partial charge in [-0.25, -0.2) is 4.39 Å². The Morgan fingerprint density at radius 2 is 2.23 bits per heavy atom. The zero-order chi connectivity index (χ0) is 9.42. The van der Waals surface area contributed by atoms with E-state index in [9.17, 15) is 4.39 Å². The third-order valence-corrected chi connectivity index (χ3v) is 2.88. The Morgan fingerprint density at radius 3 is 2.77 bits per heavy atom. The van der Waals surface area contributed by atoms with E-state index in [1.54, 1.807) is 0 Å². The standard InChI is InChI=1S/C10H11ClFN/c1-6-4-7(10-2-3-13-10)9(12)5-8(6)11/h4-5,10,13H,2-3H2,1H3/t10-/m0/s1. The molecule has 0 aromatic heterocycles. The van der Waals surface area contributed by atoms with E-state index < -0.39 is 0 Å². The van der Waals surface area contributed by atoms with Crippen molar-refractivity contribution >= 4 is 11.6 Å². The van der Waals surface area contributed by atoms with E-state index in [0.717, 1.165) is 24.1 Å². The monoisotopic (exact) mass is 199 g/mol. The molecule has 1 N–H and O–H groups in total. The van der Waals surface area contributed by atoms with Crippen LogP contribution in [0.5, 0.6) is 0 Å². The van der Waals surface area contributed by atoms with Gasteiger partial charge in [0.25, 0.3) is 0 Å². The van der Waals surface area contributed by atoms with Crippen LogP contribution in [0.15, 0.2) is 12.1 Å². The fourth-order valence-corrected chi connectivity index (χ4v) is 1.65. The Bertz CT molecular complexity index is 334. The van der Waals surface area contributed by atoms with Crippen LogP contribution in [0.25, 0.3) is 0 Å². The van der Waals surface area contributed by atoms with Gasteiger partial charge in [0, 0.05) is 16.6 Å². The predicted molar refractivity (Wildman–Crippen MR) is 51.5 cm³/mol. The lowest BCUT2D eigenvalue weighted by Crippen LogP contribution is -2.35. The molecular formula is C10H11ClFN. The summed E-state index contributed by atoms with van der Waals surface area (Å²) in [6, 6.07) is 3.41. The number of hydrogen-bond acceptors (Lipinski definition) is 1. The van der Waals surface area contributed by atoms with Crippen molar-refractivity contribution in [2.75, 3.05) is 6.54 Å². The van der Waals surface area contributed by atoms with E-state index in [2.05, 4.69) is 5.32 Å². The molecule has 1 fully saturated rings. The smallest absolute Gasteiger partial charge is 0.129 e. The van der Waals surface area contributed by atoms with Gasteiger partial charge in [-0.3, -0.25) is 0 Å². The molecule has 3 heteroatoms. The second-order valence-electron chi connectivity index (χ2n) is 3.42. The third kappa shape index (κ3) is 1.56. The highest BCUT2D eigenvalue weighted by Crippen LogP contribution is 2.29. The highest BCUT2D eigenvalue weighted by Gasteiger charge is 2.22. The van der Waals surface area contributed by atoms with Crippen LogP contribution in [0.2, 0.25) is 5.02 Å². The second kappa shape index (κ2) is 3.28. The lowest BCUT2D eigenvalue weighted by Gasteiger charge is -2.28. The number of halogens is 2. The maximum atomic E-state index is 13.4. The van der Waals surface area contributed by atoms with Crippen molar-refractivity contribution < 1.29 is 4.39 Å². The van der Waals surface area contributed by atoms with Gasteiger partial charge in [-0.2, -0.15) is 0 Å². The highest BCUT2D eigenvalue weighted by atomic mass is 35.5. The van der Waals surface area contributed by atoms with Crippen molar-refractivity contribution in [3.63, 3.8) is 0 Å². The predicted octanol–water partition coefficient (Wildman–Crippen LogP) is 2.82. The van der Waals surface area contributed by atoms with Crippen molar-refractivity contribution in [2.24, 2.45) is 0 Å². The summed E-state index contributed by atoms with van der Waals surface area (Å²) in [6.07, 6.45) is 1.01. The molecule has 1 nitrogen and oxygen atoms in total. The molecule has 1 heterocycles. The van der Waals surface area contributed by atoms with Crippen LogP contribution in [0.1, 0.15) is 23.6 Å². The first-order valence-electron chi connectivity index (χ1n) is 4.37. The zero-order valence-corrected chi connectivity index (χ0v) is 8.16. The lowest BCUT2D eigenvalue weighted by atomic mass is 9.96. The summed E-state index contributed by atoms with van der Waals surface area (Å²) in [5, 5.41) is 3.67.